The Morgan fingerprint density at radius 3 is 2.35 bits per heavy atom. The van der Waals surface area contributed by atoms with Crippen LogP contribution in [0.1, 0.15) is 34.7 Å². The van der Waals surface area contributed by atoms with Gasteiger partial charge in [0.05, 0.1) is 25.7 Å². The third-order valence-electron chi connectivity index (χ3n) is 8.12. The van der Waals surface area contributed by atoms with Gasteiger partial charge in [-0.2, -0.15) is 0 Å². The molecule has 2 aliphatic rings. The van der Waals surface area contributed by atoms with Crippen molar-refractivity contribution in [2.45, 2.75) is 20.0 Å². The second-order valence-electron chi connectivity index (χ2n) is 11.3. The second-order valence-corrected chi connectivity index (χ2v) is 11.3. The molecule has 2 N–H and O–H groups in total. The molecule has 0 aliphatic carbocycles. The fourth-order valence-corrected chi connectivity index (χ4v) is 5.97. The molecule has 4 amide bonds. The number of carbonyl (C=O) groups excluding carboxylic acids is 4. The van der Waals surface area contributed by atoms with E-state index < -0.39 is 5.92 Å². The molecule has 3 heterocycles. The van der Waals surface area contributed by atoms with E-state index in [4.69, 9.17) is 9.47 Å². The number of carbonyl (C=O) groups is 4. The van der Waals surface area contributed by atoms with Crippen molar-refractivity contribution in [1.82, 2.24) is 25.4 Å². The number of hydrogen-bond donors (Lipinski definition) is 2. The van der Waals surface area contributed by atoms with Gasteiger partial charge >= 0.3 is 0 Å². The van der Waals surface area contributed by atoms with Crippen LogP contribution in [0.5, 0.6) is 11.5 Å². The molecule has 3 atom stereocenters. The average molecular weight is 588 g/mol. The monoisotopic (exact) mass is 587 g/mol. The number of aromatic nitrogens is 1. The second kappa shape index (κ2) is 12.7. The molecule has 3 unspecified atom stereocenters. The molecule has 2 fully saturated rings. The molecular formula is C32H37N5O6. The summed E-state index contributed by atoms with van der Waals surface area (Å²) in [5.41, 5.74) is 0.740. The molecule has 11 heteroatoms. The Hall–Kier alpha value is -4.67. The Bertz CT molecular complexity index is 1540. The number of fused-ring (bicyclic) bond motifs is 2. The van der Waals surface area contributed by atoms with Gasteiger partial charge in [-0.1, -0.05) is 24.3 Å². The van der Waals surface area contributed by atoms with Crippen molar-refractivity contribution in [2.75, 3.05) is 46.9 Å². The maximum Gasteiger partial charge on any atom is 0.272 e. The molecule has 0 radical (unpaired) electrons. The summed E-state index contributed by atoms with van der Waals surface area (Å²) in [5, 5.41) is 7.03. The molecule has 1 aromatic heterocycles. The lowest BCUT2D eigenvalue weighted by atomic mass is 9.79. The minimum Gasteiger partial charge on any atom is -0.493 e. The number of hydrogen-bond acceptors (Lipinski definition) is 7. The van der Waals surface area contributed by atoms with Crippen LogP contribution in [0.2, 0.25) is 0 Å². The van der Waals surface area contributed by atoms with Crippen LogP contribution in [0.4, 0.5) is 0 Å². The summed E-state index contributed by atoms with van der Waals surface area (Å²) in [6.07, 6.45) is 1.61. The van der Waals surface area contributed by atoms with Crippen LogP contribution in [0.25, 0.3) is 10.8 Å². The van der Waals surface area contributed by atoms with Crippen LogP contribution in [0.15, 0.2) is 54.7 Å². The van der Waals surface area contributed by atoms with Gasteiger partial charge in [-0.3, -0.25) is 24.2 Å². The molecule has 2 saturated heterocycles. The SMILES string of the molecule is CNC(=O)CNC(=O)C1CN(C(=O)c2cc3ccccc3cn2)CC2CN(C(=O)c3ccc(OC(C)C)c(OC)c3)CC21. The fraction of sp³-hybridized carbons (Fsp3) is 0.406. The van der Waals surface area contributed by atoms with Crippen molar-refractivity contribution in [2.24, 2.45) is 17.8 Å². The first-order valence-electron chi connectivity index (χ1n) is 14.4. The van der Waals surface area contributed by atoms with Gasteiger partial charge in [0.2, 0.25) is 11.8 Å². The standard InChI is InChI=1S/C32H37N5O6/c1-19(2)43-27-10-9-21(12-28(27)42-4)31(40)36-15-23-16-37(18-25(24(23)17-36)30(39)35-14-29(38)33-3)32(41)26-11-20-7-5-6-8-22(20)13-34-26/h5-13,19,23-25H,14-18H2,1-4H3,(H,33,38)(H,35,39). The van der Waals surface area contributed by atoms with Crippen LogP contribution >= 0.6 is 0 Å². The summed E-state index contributed by atoms with van der Waals surface area (Å²) in [6, 6.07) is 14.5. The maximum atomic E-state index is 13.7. The van der Waals surface area contributed by atoms with Crippen molar-refractivity contribution in [3.05, 3.63) is 66.0 Å². The molecule has 0 bridgehead atoms. The van der Waals surface area contributed by atoms with Crippen molar-refractivity contribution in [3.8, 4) is 11.5 Å². The summed E-state index contributed by atoms with van der Waals surface area (Å²) in [4.78, 5) is 60.4. The highest BCUT2D eigenvalue weighted by Crippen LogP contribution is 2.37. The largest absolute Gasteiger partial charge is 0.493 e. The Labute approximate surface area is 250 Å². The van der Waals surface area contributed by atoms with Crippen molar-refractivity contribution in [1.29, 1.82) is 0 Å². The maximum absolute atomic E-state index is 13.7. The summed E-state index contributed by atoms with van der Waals surface area (Å²) >= 11 is 0. The lowest BCUT2D eigenvalue weighted by molar-refractivity contribution is -0.131. The number of likely N-dealkylation sites (tertiary alicyclic amines) is 2. The third-order valence-corrected chi connectivity index (χ3v) is 8.12. The highest BCUT2D eigenvalue weighted by molar-refractivity contribution is 5.97. The average Bonchev–Trinajstić information content (AvgIpc) is 3.46. The van der Waals surface area contributed by atoms with E-state index >= 15 is 0 Å². The zero-order chi connectivity index (χ0) is 30.7. The van der Waals surface area contributed by atoms with E-state index in [9.17, 15) is 19.2 Å². The molecule has 11 nitrogen and oxygen atoms in total. The van der Waals surface area contributed by atoms with Crippen LogP contribution in [0, 0.1) is 17.8 Å². The van der Waals surface area contributed by atoms with Crippen LogP contribution in [0.3, 0.4) is 0 Å². The van der Waals surface area contributed by atoms with E-state index in [0.29, 0.717) is 42.4 Å². The smallest absolute Gasteiger partial charge is 0.272 e. The summed E-state index contributed by atoms with van der Waals surface area (Å²) in [5.74, 6) is -1.04. The van der Waals surface area contributed by atoms with E-state index in [1.807, 2.05) is 38.1 Å². The van der Waals surface area contributed by atoms with E-state index in [0.717, 1.165) is 10.8 Å². The van der Waals surface area contributed by atoms with E-state index in [2.05, 4.69) is 15.6 Å². The number of rotatable bonds is 8. The van der Waals surface area contributed by atoms with Gasteiger partial charge in [0.1, 0.15) is 5.69 Å². The first-order valence-corrected chi connectivity index (χ1v) is 14.4. The van der Waals surface area contributed by atoms with Gasteiger partial charge in [0.15, 0.2) is 11.5 Å². The van der Waals surface area contributed by atoms with Crippen molar-refractivity contribution >= 4 is 34.4 Å². The Morgan fingerprint density at radius 1 is 0.930 bits per heavy atom. The number of methoxy groups -OCH3 is 1. The highest BCUT2D eigenvalue weighted by atomic mass is 16.5. The topological polar surface area (TPSA) is 130 Å². The number of pyridine rings is 1. The quantitative estimate of drug-likeness (QED) is 0.414. The zero-order valence-corrected chi connectivity index (χ0v) is 24.8. The number of likely N-dealkylation sites (N-methyl/N-ethyl adjacent to an activating group) is 1. The van der Waals surface area contributed by atoms with Crippen molar-refractivity contribution in [3.63, 3.8) is 0 Å². The first kappa shape index (κ1) is 29.8. The summed E-state index contributed by atoms with van der Waals surface area (Å²) in [7, 11) is 3.03. The van der Waals surface area contributed by atoms with Crippen molar-refractivity contribution < 1.29 is 28.7 Å². The minimum absolute atomic E-state index is 0.0564. The molecule has 5 rings (SSSR count). The molecule has 226 valence electrons. The molecule has 0 saturated carbocycles. The zero-order valence-electron chi connectivity index (χ0n) is 24.8. The van der Waals surface area contributed by atoms with Gasteiger partial charge < -0.3 is 29.9 Å². The number of benzene rings is 2. The third kappa shape index (κ3) is 6.40. The molecule has 43 heavy (non-hydrogen) atoms. The van der Waals surface area contributed by atoms with Gasteiger partial charge in [0.25, 0.3) is 11.8 Å². The highest BCUT2D eigenvalue weighted by Gasteiger charge is 2.48. The van der Waals surface area contributed by atoms with E-state index in [1.165, 1.54) is 14.2 Å². The predicted molar refractivity (Wildman–Crippen MR) is 160 cm³/mol. The molecule has 0 spiro atoms. The number of nitrogens with zero attached hydrogens (tertiary/aromatic N) is 3. The molecule has 2 aromatic carbocycles. The van der Waals surface area contributed by atoms with Gasteiger partial charge in [-0.25, -0.2) is 0 Å². The molecular weight excluding hydrogens is 550 g/mol. The Kier molecular flexibility index (Phi) is 8.79. The number of ether oxygens (including phenoxy) is 2. The predicted octanol–water partition coefficient (Wildman–Crippen LogP) is 2.35. The Morgan fingerprint density at radius 2 is 1.65 bits per heavy atom. The fourth-order valence-electron chi connectivity index (χ4n) is 5.97. The summed E-state index contributed by atoms with van der Waals surface area (Å²) < 4.78 is 11.3. The lowest BCUT2D eigenvalue weighted by Crippen LogP contribution is -2.54. The number of nitrogens with one attached hydrogen (secondary N) is 2. The number of piperidine rings is 1. The molecule has 3 aromatic rings. The van der Waals surface area contributed by atoms with Crippen LogP contribution < -0.4 is 20.1 Å². The number of amides is 4. The van der Waals surface area contributed by atoms with Crippen LogP contribution in [-0.4, -0.2) is 91.4 Å². The normalized spacial score (nSPS) is 19.6. The minimum atomic E-state index is -0.609. The van der Waals surface area contributed by atoms with Gasteiger partial charge in [0, 0.05) is 50.4 Å². The van der Waals surface area contributed by atoms with Gasteiger partial charge in [-0.05, 0) is 55.3 Å². The molecule has 2 aliphatic heterocycles. The van der Waals surface area contributed by atoms with Gasteiger partial charge in [-0.15, -0.1) is 0 Å². The van der Waals surface area contributed by atoms with E-state index in [1.54, 1.807) is 40.3 Å². The van der Waals surface area contributed by atoms with E-state index in [-0.39, 0.29) is 54.7 Å². The van der Waals surface area contributed by atoms with Crippen LogP contribution in [-0.2, 0) is 9.59 Å². The Balaban J connectivity index is 1.38. The first-order chi connectivity index (χ1) is 20.7. The summed E-state index contributed by atoms with van der Waals surface area (Å²) in [6.45, 7) is 4.92. The lowest BCUT2D eigenvalue weighted by Gasteiger charge is -2.39.